The van der Waals surface area contributed by atoms with E-state index in [1.807, 2.05) is 0 Å². The largest absolute Gasteiger partial charge is 0.278 e. The van der Waals surface area contributed by atoms with Gasteiger partial charge in [0.2, 0.25) is 0 Å². The first-order valence-electron chi connectivity index (χ1n) is 9.50. The monoisotopic (exact) mass is 628 g/mol. The van der Waals surface area contributed by atoms with Crippen LogP contribution in [0.15, 0.2) is 59.2 Å². The van der Waals surface area contributed by atoms with Gasteiger partial charge in [-0.3, -0.25) is 9.59 Å². The molecule has 2 amide bonds. The molecule has 0 aliphatic heterocycles. The molecule has 4 nitrogen and oxygen atoms in total. The minimum absolute atomic E-state index is 0.135. The molecule has 0 N–H and O–H groups in total. The second-order valence-electron chi connectivity index (χ2n) is 7.05. The summed E-state index contributed by atoms with van der Waals surface area (Å²) in [4.78, 5) is 33.2. The van der Waals surface area contributed by atoms with Gasteiger partial charge in [-0.2, -0.15) is 0 Å². The van der Waals surface area contributed by atoms with Gasteiger partial charge in [-0.25, -0.2) is 9.88 Å². The zero-order valence-corrected chi connectivity index (χ0v) is 22.9. The fraction of sp³-hybridized carbons (Fsp3) is 0. The second-order valence-corrected chi connectivity index (χ2v) is 11.7. The second kappa shape index (κ2) is 9.39. The lowest BCUT2D eigenvalue weighted by atomic mass is 10.2. The Hall–Kier alpha value is -1.71. The maximum atomic E-state index is 13.8. The number of benzene rings is 2. The molecule has 170 valence electrons. The Labute approximate surface area is 229 Å². The minimum atomic E-state index is -0.617. The topological polar surface area (TPSA) is 50.3 Å². The summed E-state index contributed by atoms with van der Waals surface area (Å²) in [6.07, 6.45) is 1.50. The van der Waals surface area contributed by atoms with Crippen LogP contribution in [0.1, 0.15) is 19.3 Å². The molecule has 0 bridgehead atoms. The van der Waals surface area contributed by atoms with Crippen molar-refractivity contribution in [3.63, 3.8) is 0 Å². The van der Waals surface area contributed by atoms with Gasteiger partial charge in [0, 0.05) is 40.9 Å². The first kappa shape index (κ1) is 24.0. The summed E-state index contributed by atoms with van der Waals surface area (Å²) in [6.45, 7) is 0. The smallest absolute Gasteiger partial charge is 0.267 e. The normalized spacial score (nSPS) is 11.3. The summed E-state index contributed by atoms with van der Waals surface area (Å²) in [7, 11) is 0. The molecular formula is C23H9BrCl4N2O2S2. The molecule has 0 atom stereocenters. The maximum absolute atomic E-state index is 13.8. The van der Waals surface area contributed by atoms with Crippen LogP contribution in [0.2, 0.25) is 20.1 Å². The van der Waals surface area contributed by atoms with Gasteiger partial charge in [-0.1, -0.05) is 58.5 Å². The Kier molecular flexibility index (Phi) is 6.63. The first-order valence-corrected chi connectivity index (χ1v) is 13.4. The lowest BCUT2D eigenvalue weighted by molar-refractivity contribution is 0.0901. The molecule has 34 heavy (non-hydrogen) atoms. The van der Waals surface area contributed by atoms with Crippen LogP contribution in [0.4, 0.5) is 5.82 Å². The van der Waals surface area contributed by atoms with Crippen molar-refractivity contribution in [2.45, 2.75) is 0 Å². The van der Waals surface area contributed by atoms with Crippen molar-refractivity contribution < 1.29 is 9.59 Å². The molecule has 11 heteroatoms. The van der Waals surface area contributed by atoms with E-state index >= 15 is 0 Å². The molecule has 5 rings (SSSR count). The molecular weight excluding hydrogens is 622 g/mol. The molecule has 0 spiro atoms. The third-order valence-electron chi connectivity index (χ3n) is 4.92. The number of hydrogen-bond acceptors (Lipinski definition) is 5. The Morgan fingerprint density at radius 3 is 1.71 bits per heavy atom. The van der Waals surface area contributed by atoms with Crippen LogP contribution in [0, 0.1) is 0 Å². The highest BCUT2D eigenvalue weighted by Crippen LogP contribution is 2.41. The van der Waals surface area contributed by atoms with E-state index in [4.69, 9.17) is 46.4 Å². The number of halogens is 5. The lowest BCUT2D eigenvalue weighted by Gasteiger charge is -2.19. The third-order valence-corrected chi connectivity index (χ3v) is 9.15. The number of pyridine rings is 1. The quantitative estimate of drug-likeness (QED) is 0.187. The molecule has 0 aliphatic rings. The van der Waals surface area contributed by atoms with Crippen LogP contribution >= 0.6 is 85.0 Å². The molecule has 3 aromatic heterocycles. The number of fused-ring (bicyclic) bond motifs is 2. The van der Waals surface area contributed by atoms with E-state index in [1.54, 1.807) is 48.5 Å². The van der Waals surface area contributed by atoms with E-state index in [0.717, 1.165) is 37.0 Å². The van der Waals surface area contributed by atoms with Crippen LogP contribution in [-0.4, -0.2) is 16.8 Å². The predicted octanol–water partition coefficient (Wildman–Crippen LogP) is 9.37. The number of anilines is 1. The van der Waals surface area contributed by atoms with Gasteiger partial charge in [0.15, 0.2) is 0 Å². The molecule has 0 aliphatic carbocycles. The van der Waals surface area contributed by atoms with Crippen LogP contribution in [0.3, 0.4) is 0 Å². The number of carbonyl (C=O) groups excluding carboxylic acids is 2. The maximum Gasteiger partial charge on any atom is 0.278 e. The first-order chi connectivity index (χ1) is 16.2. The van der Waals surface area contributed by atoms with E-state index in [9.17, 15) is 9.59 Å². The van der Waals surface area contributed by atoms with E-state index in [1.165, 1.54) is 6.20 Å². The number of thiophene rings is 2. The van der Waals surface area contributed by atoms with Gasteiger partial charge in [0.05, 0.1) is 10.0 Å². The number of rotatable bonds is 3. The van der Waals surface area contributed by atoms with Crippen LogP contribution in [0.25, 0.3) is 20.2 Å². The highest BCUT2D eigenvalue weighted by molar-refractivity contribution is 9.10. The predicted molar refractivity (Wildman–Crippen MR) is 147 cm³/mol. The van der Waals surface area contributed by atoms with Gasteiger partial charge in [-0.15, -0.1) is 22.7 Å². The zero-order chi connectivity index (χ0) is 24.1. The van der Waals surface area contributed by atoms with Gasteiger partial charge in [0.25, 0.3) is 11.8 Å². The average Bonchev–Trinajstić information content (AvgIpc) is 3.31. The van der Waals surface area contributed by atoms with Crippen LogP contribution in [-0.2, 0) is 0 Å². The number of hydrogen-bond donors (Lipinski definition) is 0. The summed E-state index contributed by atoms with van der Waals surface area (Å²) in [5.74, 6) is -1.10. The zero-order valence-electron chi connectivity index (χ0n) is 16.6. The Morgan fingerprint density at radius 1 is 0.765 bits per heavy atom. The standard InChI is InChI=1S/C23H9BrCl4N2O2S2/c24-10-1-6-17(29-9-10)30(22(31)20-18(27)13-4-2-11(25)7-15(13)33-20)23(32)21-19(28)14-5-3-12(26)8-16(14)34-21/h1-9H. The number of carbonyl (C=O) groups is 2. The number of aromatic nitrogens is 1. The summed E-state index contributed by atoms with van der Waals surface area (Å²) < 4.78 is 2.15. The number of nitrogens with zero attached hydrogens (tertiary/aromatic N) is 2. The highest BCUT2D eigenvalue weighted by atomic mass is 79.9. The fourth-order valence-corrected chi connectivity index (χ4v) is 7.03. The van der Waals surface area contributed by atoms with E-state index in [-0.39, 0.29) is 25.6 Å². The Bertz CT molecular complexity index is 1520. The summed E-state index contributed by atoms with van der Waals surface area (Å²) in [5.41, 5.74) is 0. The number of imide groups is 1. The van der Waals surface area contributed by atoms with E-state index < -0.39 is 11.8 Å². The van der Waals surface area contributed by atoms with Crippen molar-refractivity contribution in [3.8, 4) is 0 Å². The van der Waals surface area contributed by atoms with Gasteiger partial charge < -0.3 is 0 Å². The molecule has 0 radical (unpaired) electrons. The Morgan fingerprint density at radius 2 is 1.26 bits per heavy atom. The fourth-order valence-electron chi connectivity index (χ4n) is 3.36. The van der Waals surface area contributed by atoms with Gasteiger partial charge >= 0.3 is 0 Å². The summed E-state index contributed by atoms with van der Waals surface area (Å²) in [6, 6.07) is 13.6. The highest BCUT2D eigenvalue weighted by Gasteiger charge is 2.33. The molecule has 0 saturated heterocycles. The van der Waals surface area contributed by atoms with E-state index in [2.05, 4.69) is 20.9 Å². The lowest BCUT2D eigenvalue weighted by Crippen LogP contribution is -2.37. The average molecular weight is 631 g/mol. The van der Waals surface area contributed by atoms with Crippen LogP contribution in [0.5, 0.6) is 0 Å². The molecule has 2 aromatic carbocycles. The molecule has 3 heterocycles. The van der Waals surface area contributed by atoms with E-state index in [0.29, 0.717) is 25.3 Å². The molecule has 0 fully saturated rings. The number of amides is 2. The summed E-state index contributed by atoms with van der Waals surface area (Å²) >= 11 is 31.0. The van der Waals surface area contributed by atoms with Crippen molar-refractivity contribution in [1.29, 1.82) is 0 Å². The Balaban J connectivity index is 1.67. The van der Waals surface area contributed by atoms with Crippen LogP contribution < -0.4 is 4.90 Å². The molecule has 5 aromatic rings. The molecule has 0 saturated carbocycles. The summed E-state index contributed by atoms with van der Waals surface area (Å²) in [5, 5.41) is 2.86. The van der Waals surface area contributed by atoms with Crippen molar-refractivity contribution >= 4 is 123 Å². The van der Waals surface area contributed by atoms with Crippen molar-refractivity contribution in [2.24, 2.45) is 0 Å². The SMILES string of the molecule is O=C(c1sc2cc(Cl)ccc2c1Cl)N(C(=O)c1sc2cc(Cl)ccc2c1Cl)c1ccc(Br)cn1. The molecule has 0 unspecified atom stereocenters. The van der Waals surface area contributed by atoms with Crippen molar-refractivity contribution in [1.82, 2.24) is 4.98 Å². The third kappa shape index (κ3) is 4.24. The minimum Gasteiger partial charge on any atom is -0.267 e. The van der Waals surface area contributed by atoms with Gasteiger partial charge in [0.1, 0.15) is 15.6 Å². The van der Waals surface area contributed by atoms with Crippen molar-refractivity contribution in [3.05, 3.63) is 89.0 Å². The van der Waals surface area contributed by atoms with Gasteiger partial charge in [-0.05, 0) is 52.3 Å². The van der Waals surface area contributed by atoms with Crippen molar-refractivity contribution in [2.75, 3.05) is 4.90 Å².